The van der Waals surface area contributed by atoms with Crippen molar-refractivity contribution in [2.75, 3.05) is 0 Å². The van der Waals surface area contributed by atoms with Gasteiger partial charge in [0.15, 0.2) is 5.78 Å². The molecule has 0 N–H and O–H groups in total. The molecule has 0 radical (unpaired) electrons. The SMILES string of the molecule is Cc1cccc2c1Cc1ccccc1C2=O. The number of hydrogen-bond acceptors (Lipinski definition) is 1. The zero-order valence-electron chi connectivity index (χ0n) is 9.16. The average Bonchev–Trinajstić information content (AvgIpc) is 2.31. The standard InChI is InChI=1S/C15H12O/c1-10-5-4-8-13-14(10)9-11-6-2-3-7-12(11)15(13)16/h2-8H,9H2,1H3. The lowest BCUT2D eigenvalue weighted by atomic mass is 9.83. The van der Waals surface area contributed by atoms with Gasteiger partial charge in [-0.1, -0.05) is 42.5 Å². The molecule has 1 nitrogen and oxygen atoms in total. The van der Waals surface area contributed by atoms with Gasteiger partial charge in [-0.3, -0.25) is 4.79 Å². The summed E-state index contributed by atoms with van der Waals surface area (Å²) in [4.78, 5) is 12.3. The second kappa shape index (κ2) is 3.31. The lowest BCUT2D eigenvalue weighted by molar-refractivity contribution is 0.103. The first-order valence-corrected chi connectivity index (χ1v) is 5.48. The first-order valence-electron chi connectivity index (χ1n) is 5.48. The van der Waals surface area contributed by atoms with E-state index in [-0.39, 0.29) is 5.78 Å². The Morgan fingerprint density at radius 3 is 2.56 bits per heavy atom. The van der Waals surface area contributed by atoms with Crippen molar-refractivity contribution in [2.45, 2.75) is 13.3 Å². The van der Waals surface area contributed by atoms with Crippen molar-refractivity contribution < 1.29 is 4.79 Å². The molecule has 0 aliphatic heterocycles. The van der Waals surface area contributed by atoms with Gasteiger partial charge in [-0.15, -0.1) is 0 Å². The highest BCUT2D eigenvalue weighted by Gasteiger charge is 2.23. The molecule has 0 bridgehead atoms. The molecule has 78 valence electrons. The molecule has 0 amide bonds. The number of benzene rings is 2. The van der Waals surface area contributed by atoms with E-state index < -0.39 is 0 Å². The van der Waals surface area contributed by atoms with Crippen LogP contribution in [0.1, 0.15) is 32.6 Å². The lowest BCUT2D eigenvalue weighted by Crippen LogP contribution is -2.15. The van der Waals surface area contributed by atoms with Crippen LogP contribution in [-0.2, 0) is 6.42 Å². The molecular weight excluding hydrogens is 196 g/mol. The van der Waals surface area contributed by atoms with E-state index in [0.29, 0.717) is 0 Å². The molecule has 0 aromatic heterocycles. The maximum absolute atomic E-state index is 12.3. The summed E-state index contributed by atoms with van der Waals surface area (Å²) in [5, 5.41) is 0. The summed E-state index contributed by atoms with van der Waals surface area (Å²) in [7, 11) is 0. The minimum absolute atomic E-state index is 0.167. The van der Waals surface area contributed by atoms with Crippen molar-refractivity contribution in [2.24, 2.45) is 0 Å². The number of fused-ring (bicyclic) bond motifs is 2. The third-order valence-electron chi connectivity index (χ3n) is 3.28. The Morgan fingerprint density at radius 1 is 0.938 bits per heavy atom. The summed E-state index contributed by atoms with van der Waals surface area (Å²) in [6.07, 6.45) is 0.879. The van der Waals surface area contributed by atoms with Crippen molar-refractivity contribution in [1.29, 1.82) is 0 Å². The van der Waals surface area contributed by atoms with Gasteiger partial charge in [0.25, 0.3) is 0 Å². The van der Waals surface area contributed by atoms with Crippen LogP contribution in [0, 0.1) is 6.92 Å². The highest BCUT2D eigenvalue weighted by Crippen LogP contribution is 2.28. The molecule has 0 heterocycles. The van der Waals surface area contributed by atoms with Crippen LogP contribution in [0.4, 0.5) is 0 Å². The maximum atomic E-state index is 12.3. The zero-order chi connectivity index (χ0) is 11.1. The monoisotopic (exact) mass is 208 g/mol. The third-order valence-corrected chi connectivity index (χ3v) is 3.28. The van der Waals surface area contributed by atoms with Crippen molar-refractivity contribution in [3.8, 4) is 0 Å². The molecule has 2 aromatic carbocycles. The summed E-state index contributed by atoms with van der Waals surface area (Å²) in [6.45, 7) is 2.07. The van der Waals surface area contributed by atoms with E-state index >= 15 is 0 Å². The minimum Gasteiger partial charge on any atom is -0.289 e. The molecular formula is C15H12O. The highest BCUT2D eigenvalue weighted by molar-refractivity contribution is 6.12. The van der Waals surface area contributed by atoms with Gasteiger partial charge < -0.3 is 0 Å². The normalized spacial score (nSPS) is 13.2. The third kappa shape index (κ3) is 1.21. The van der Waals surface area contributed by atoms with E-state index in [1.54, 1.807) is 0 Å². The summed E-state index contributed by atoms with van der Waals surface area (Å²) in [5.41, 5.74) is 5.28. The van der Waals surface area contributed by atoms with E-state index in [1.807, 2.05) is 36.4 Å². The molecule has 1 heteroatoms. The summed E-state index contributed by atoms with van der Waals surface area (Å²) < 4.78 is 0. The zero-order valence-corrected chi connectivity index (χ0v) is 9.16. The predicted octanol–water partition coefficient (Wildman–Crippen LogP) is 3.13. The molecule has 2 aromatic rings. The summed E-state index contributed by atoms with van der Waals surface area (Å²) >= 11 is 0. The smallest absolute Gasteiger partial charge is 0.193 e. The molecule has 0 unspecified atom stereocenters. The topological polar surface area (TPSA) is 17.1 Å². The summed E-state index contributed by atoms with van der Waals surface area (Å²) in [5.74, 6) is 0.167. The molecule has 0 fully saturated rings. The van der Waals surface area contributed by atoms with Crippen LogP contribution in [0.15, 0.2) is 42.5 Å². The predicted molar refractivity (Wildman–Crippen MR) is 63.9 cm³/mol. The van der Waals surface area contributed by atoms with Gasteiger partial charge in [0.1, 0.15) is 0 Å². The second-order valence-electron chi connectivity index (χ2n) is 4.26. The van der Waals surface area contributed by atoms with Gasteiger partial charge in [0.2, 0.25) is 0 Å². The van der Waals surface area contributed by atoms with E-state index in [4.69, 9.17) is 0 Å². The van der Waals surface area contributed by atoms with E-state index in [9.17, 15) is 4.79 Å². The average molecular weight is 208 g/mol. The van der Waals surface area contributed by atoms with Crippen LogP contribution in [0.3, 0.4) is 0 Å². The molecule has 3 rings (SSSR count). The van der Waals surface area contributed by atoms with Crippen LogP contribution in [0.2, 0.25) is 0 Å². The fourth-order valence-electron chi connectivity index (χ4n) is 2.38. The van der Waals surface area contributed by atoms with Crippen LogP contribution in [0.5, 0.6) is 0 Å². The van der Waals surface area contributed by atoms with Gasteiger partial charge in [0.05, 0.1) is 0 Å². The molecule has 1 aliphatic rings. The lowest BCUT2D eigenvalue weighted by Gasteiger charge is -2.19. The quantitative estimate of drug-likeness (QED) is 0.554. The van der Waals surface area contributed by atoms with Crippen molar-refractivity contribution >= 4 is 5.78 Å². The Morgan fingerprint density at radius 2 is 1.69 bits per heavy atom. The van der Waals surface area contributed by atoms with Crippen molar-refractivity contribution in [3.05, 3.63) is 70.3 Å². The minimum atomic E-state index is 0.167. The highest BCUT2D eigenvalue weighted by atomic mass is 16.1. The fourth-order valence-corrected chi connectivity index (χ4v) is 2.38. The van der Waals surface area contributed by atoms with E-state index in [0.717, 1.165) is 23.1 Å². The van der Waals surface area contributed by atoms with Gasteiger partial charge >= 0.3 is 0 Å². The van der Waals surface area contributed by atoms with Crippen LogP contribution >= 0.6 is 0 Å². The number of carbonyl (C=O) groups excluding carboxylic acids is 1. The van der Waals surface area contributed by atoms with Gasteiger partial charge in [-0.2, -0.15) is 0 Å². The van der Waals surface area contributed by atoms with Gasteiger partial charge in [0, 0.05) is 11.1 Å². The first-order chi connectivity index (χ1) is 7.77. The fraction of sp³-hybridized carbons (Fsp3) is 0.133. The van der Waals surface area contributed by atoms with E-state index in [1.165, 1.54) is 11.1 Å². The van der Waals surface area contributed by atoms with Crippen LogP contribution in [0.25, 0.3) is 0 Å². The molecule has 0 atom stereocenters. The molecule has 1 aliphatic carbocycles. The van der Waals surface area contributed by atoms with Crippen molar-refractivity contribution in [1.82, 2.24) is 0 Å². The Bertz CT molecular complexity index is 582. The first kappa shape index (κ1) is 9.34. The van der Waals surface area contributed by atoms with Gasteiger partial charge in [-0.25, -0.2) is 0 Å². The van der Waals surface area contributed by atoms with Gasteiger partial charge in [-0.05, 0) is 30.0 Å². The molecule has 0 spiro atoms. The number of carbonyl (C=O) groups is 1. The number of hydrogen-bond donors (Lipinski definition) is 0. The Labute approximate surface area is 94.7 Å². The Hall–Kier alpha value is -1.89. The molecule has 0 saturated heterocycles. The second-order valence-corrected chi connectivity index (χ2v) is 4.26. The molecule has 16 heavy (non-hydrogen) atoms. The Kier molecular flexibility index (Phi) is 1.93. The van der Waals surface area contributed by atoms with Crippen LogP contribution in [-0.4, -0.2) is 5.78 Å². The summed E-state index contributed by atoms with van der Waals surface area (Å²) in [6, 6.07) is 13.8. The maximum Gasteiger partial charge on any atom is 0.193 e. The number of aryl methyl sites for hydroxylation is 1. The largest absolute Gasteiger partial charge is 0.289 e. The van der Waals surface area contributed by atoms with Crippen molar-refractivity contribution in [3.63, 3.8) is 0 Å². The van der Waals surface area contributed by atoms with Crippen LogP contribution < -0.4 is 0 Å². The van der Waals surface area contributed by atoms with E-state index in [2.05, 4.69) is 13.0 Å². The number of ketones is 1. The number of rotatable bonds is 0. The Balaban J connectivity index is 2.26. The molecule has 0 saturated carbocycles.